The fourth-order valence-corrected chi connectivity index (χ4v) is 8.50. The smallest absolute Gasteiger partial charge is 0.244 e. The van der Waals surface area contributed by atoms with Gasteiger partial charge < -0.3 is 13.7 Å². The summed E-state index contributed by atoms with van der Waals surface area (Å²) in [5.41, 5.74) is 15.7. The van der Waals surface area contributed by atoms with Crippen LogP contribution in [-0.4, -0.2) is 6.71 Å². The Kier molecular flexibility index (Phi) is 5.76. The van der Waals surface area contributed by atoms with Crippen molar-refractivity contribution in [3.63, 3.8) is 0 Å². The lowest BCUT2D eigenvalue weighted by molar-refractivity contribution is 0.632. The first-order chi connectivity index (χ1) is 24.8. The van der Waals surface area contributed by atoms with Gasteiger partial charge in [0.05, 0.1) is 0 Å². The molecule has 4 heteroatoms. The van der Waals surface area contributed by atoms with Crippen LogP contribution < -0.4 is 21.3 Å². The summed E-state index contributed by atoms with van der Waals surface area (Å²) < 4.78 is 13.7. The van der Waals surface area contributed by atoms with Crippen molar-refractivity contribution >= 4 is 62.1 Å². The van der Waals surface area contributed by atoms with Crippen LogP contribution in [0.4, 0.5) is 17.1 Å². The molecule has 4 heterocycles. The highest BCUT2D eigenvalue weighted by molar-refractivity contribution is 7.01. The van der Waals surface area contributed by atoms with E-state index in [4.69, 9.17) is 8.83 Å². The van der Waals surface area contributed by atoms with Crippen LogP contribution in [0.5, 0.6) is 0 Å². The molecule has 0 spiro atoms. The van der Waals surface area contributed by atoms with Crippen LogP contribution in [0.2, 0.25) is 0 Å². The minimum absolute atomic E-state index is 0.0193. The molecule has 232 valence electrons. The van der Waals surface area contributed by atoms with Crippen molar-refractivity contribution in [1.29, 1.82) is 0 Å². The number of nitrogens with zero attached hydrogens (tertiary/aromatic N) is 1. The molecule has 0 aliphatic carbocycles. The van der Waals surface area contributed by atoms with E-state index in [9.17, 15) is 0 Å². The first-order valence-electron chi connectivity index (χ1n) is 17.1. The summed E-state index contributed by atoms with van der Waals surface area (Å²) in [6, 6.07) is 60.3. The molecule has 7 aromatic carbocycles. The SMILES string of the molecule is c1ccc(-c2oc3cccc4c3c2-c2cc(N(c3ccccc3)c3ccccc3)cc3c2B4c2cccc4oc(-c5ccccc5)c-3c24)cc1. The lowest BCUT2D eigenvalue weighted by Crippen LogP contribution is -2.57. The first kappa shape index (κ1) is 27.4. The van der Waals surface area contributed by atoms with E-state index in [0.29, 0.717) is 0 Å². The van der Waals surface area contributed by atoms with E-state index < -0.39 is 0 Å². The maximum absolute atomic E-state index is 6.87. The second-order valence-electron chi connectivity index (χ2n) is 13.2. The van der Waals surface area contributed by atoms with Crippen molar-refractivity contribution in [3.8, 4) is 44.9 Å². The average Bonchev–Trinajstić information content (AvgIpc) is 3.78. The second kappa shape index (κ2) is 10.5. The molecule has 0 amide bonds. The predicted octanol–water partition coefficient (Wildman–Crippen LogP) is 10.5. The predicted molar refractivity (Wildman–Crippen MR) is 207 cm³/mol. The Morgan fingerprint density at radius 2 is 0.820 bits per heavy atom. The van der Waals surface area contributed by atoms with Crippen LogP contribution in [0, 0.1) is 0 Å². The molecule has 0 fully saturated rings. The van der Waals surface area contributed by atoms with Crippen LogP contribution in [-0.2, 0) is 0 Å². The summed E-state index contributed by atoms with van der Waals surface area (Å²) >= 11 is 0. The molecule has 3 nitrogen and oxygen atoms in total. The molecule has 0 saturated heterocycles. The highest BCUT2D eigenvalue weighted by Crippen LogP contribution is 2.50. The Hall–Kier alpha value is -6.52. The van der Waals surface area contributed by atoms with E-state index >= 15 is 0 Å². The zero-order valence-corrected chi connectivity index (χ0v) is 27.0. The number of hydrogen-bond donors (Lipinski definition) is 0. The molecule has 0 atom stereocenters. The van der Waals surface area contributed by atoms with Crippen LogP contribution >= 0.6 is 0 Å². The molecule has 0 N–H and O–H groups in total. The molecule has 0 radical (unpaired) electrons. The van der Waals surface area contributed by atoms with Gasteiger partial charge in [-0.1, -0.05) is 138 Å². The van der Waals surface area contributed by atoms with Crippen LogP contribution in [0.3, 0.4) is 0 Å². The number of para-hydroxylation sites is 2. The number of anilines is 3. The number of furan rings is 2. The Labute approximate surface area is 289 Å². The van der Waals surface area contributed by atoms with Crippen molar-refractivity contribution in [2.24, 2.45) is 0 Å². The van der Waals surface area contributed by atoms with Gasteiger partial charge in [-0.3, -0.25) is 0 Å². The zero-order chi connectivity index (χ0) is 32.8. The number of benzene rings is 7. The number of fused-ring (bicyclic) bond motifs is 4. The first-order valence-corrected chi connectivity index (χ1v) is 17.1. The Balaban J connectivity index is 1.32. The monoisotopic (exact) mass is 637 g/mol. The quantitative estimate of drug-likeness (QED) is 0.176. The van der Waals surface area contributed by atoms with Crippen LogP contribution in [0.15, 0.2) is 179 Å². The number of hydrogen-bond acceptors (Lipinski definition) is 3. The van der Waals surface area contributed by atoms with Gasteiger partial charge in [0.25, 0.3) is 0 Å². The number of rotatable bonds is 5. The molecule has 0 saturated carbocycles. The lowest BCUT2D eigenvalue weighted by Gasteiger charge is -2.34. The topological polar surface area (TPSA) is 29.5 Å². The van der Waals surface area contributed by atoms with Crippen LogP contribution in [0.1, 0.15) is 0 Å². The molecule has 2 aliphatic heterocycles. The van der Waals surface area contributed by atoms with E-state index in [2.05, 4.69) is 175 Å². The highest BCUT2D eigenvalue weighted by atomic mass is 16.3. The lowest BCUT2D eigenvalue weighted by atomic mass is 9.31. The van der Waals surface area contributed by atoms with Gasteiger partial charge in [0.2, 0.25) is 6.71 Å². The molecule has 0 unspecified atom stereocenters. The van der Waals surface area contributed by atoms with E-state index in [-0.39, 0.29) is 6.71 Å². The van der Waals surface area contributed by atoms with Crippen molar-refractivity contribution < 1.29 is 8.83 Å². The highest BCUT2D eigenvalue weighted by Gasteiger charge is 2.43. The van der Waals surface area contributed by atoms with Gasteiger partial charge in [0.15, 0.2) is 0 Å². The van der Waals surface area contributed by atoms with Crippen molar-refractivity contribution in [1.82, 2.24) is 0 Å². The third-order valence-corrected chi connectivity index (χ3v) is 10.5. The van der Waals surface area contributed by atoms with E-state index in [1.54, 1.807) is 0 Å². The maximum Gasteiger partial charge on any atom is 0.244 e. The Morgan fingerprint density at radius 1 is 0.400 bits per heavy atom. The molecular weight excluding hydrogens is 609 g/mol. The van der Waals surface area contributed by atoms with Gasteiger partial charge in [-0.15, -0.1) is 0 Å². The Bertz CT molecular complexity index is 2560. The molecule has 11 rings (SSSR count). The van der Waals surface area contributed by atoms with Gasteiger partial charge in [-0.05, 0) is 59.7 Å². The fourth-order valence-electron chi connectivity index (χ4n) is 8.50. The summed E-state index contributed by atoms with van der Waals surface area (Å²) in [5, 5.41) is 2.37. The van der Waals surface area contributed by atoms with Gasteiger partial charge in [-0.25, -0.2) is 0 Å². The largest absolute Gasteiger partial charge is 0.455 e. The van der Waals surface area contributed by atoms with E-state index in [1.807, 2.05) is 0 Å². The molecular formula is C46H28BNO2. The molecule has 2 aromatic heterocycles. The molecule has 9 aromatic rings. The van der Waals surface area contributed by atoms with E-state index in [0.717, 1.165) is 62.0 Å². The summed E-state index contributed by atoms with van der Waals surface area (Å²) in [7, 11) is 0. The van der Waals surface area contributed by atoms with Gasteiger partial charge >= 0.3 is 0 Å². The summed E-state index contributed by atoms with van der Waals surface area (Å²) in [4.78, 5) is 2.37. The minimum Gasteiger partial charge on any atom is -0.455 e. The zero-order valence-electron chi connectivity index (χ0n) is 27.0. The third-order valence-electron chi connectivity index (χ3n) is 10.5. The molecule has 0 bridgehead atoms. The second-order valence-corrected chi connectivity index (χ2v) is 13.2. The van der Waals surface area contributed by atoms with Crippen molar-refractivity contribution in [3.05, 3.63) is 170 Å². The van der Waals surface area contributed by atoms with Gasteiger partial charge in [0.1, 0.15) is 22.7 Å². The van der Waals surface area contributed by atoms with Crippen LogP contribution in [0.25, 0.3) is 66.8 Å². The summed E-state index contributed by atoms with van der Waals surface area (Å²) in [6.07, 6.45) is 0. The molecule has 50 heavy (non-hydrogen) atoms. The fraction of sp³-hybridized carbons (Fsp3) is 0. The molecule has 2 aliphatic rings. The normalized spacial score (nSPS) is 12.4. The summed E-state index contributed by atoms with van der Waals surface area (Å²) in [6.45, 7) is 0.0193. The van der Waals surface area contributed by atoms with Gasteiger partial charge in [0, 0.05) is 50.1 Å². The minimum atomic E-state index is 0.0193. The third kappa shape index (κ3) is 3.82. The standard InChI is InChI=1S/C46H28BNO2/c1-5-15-29(16-6-1)45-40-34-27-33(48(31-19-9-3-10-20-31)32-21-11-4-12-22-32)28-35-41-43-37(47(44(34)35)36-23-13-25-38(49-45)42(36)40)24-14-26-39(43)50-46(41)30-17-7-2-8-18-30/h1-28H. The van der Waals surface area contributed by atoms with Crippen molar-refractivity contribution in [2.45, 2.75) is 0 Å². The Morgan fingerprint density at radius 3 is 1.26 bits per heavy atom. The van der Waals surface area contributed by atoms with Crippen molar-refractivity contribution in [2.75, 3.05) is 4.90 Å². The maximum atomic E-state index is 6.87. The summed E-state index contributed by atoms with van der Waals surface area (Å²) in [5.74, 6) is 1.80. The van der Waals surface area contributed by atoms with E-state index in [1.165, 1.54) is 38.3 Å². The average molecular weight is 638 g/mol. The van der Waals surface area contributed by atoms with Gasteiger partial charge in [-0.2, -0.15) is 0 Å².